The first kappa shape index (κ1) is 23.7. The number of aryl methyl sites for hydroxylation is 2. The van der Waals surface area contributed by atoms with Crippen molar-refractivity contribution in [3.63, 3.8) is 0 Å². The number of hydrogen-bond acceptors (Lipinski definition) is 5. The second-order valence-electron chi connectivity index (χ2n) is 7.86. The minimum atomic E-state index is -3.54. The molecule has 9 heteroatoms. The molecule has 1 aromatic heterocycles. The number of fused-ring (bicyclic) bond motifs is 1. The van der Waals surface area contributed by atoms with Crippen molar-refractivity contribution < 1.29 is 17.9 Å². The number of benzene rings is 1. The number of nitrogens with one attached hydrogen (secondary N) is 1. The summed E-state index contributed by atoms with van der Waals surface area (Å²) in [6.07, 6.45) is 3.93. The van der Waals surface area contributed by atoms with E-state index in [2.05, 4.69) is 16.8 Å². The molecule has 0 saturated carbocycles. The van der Waals surface area contributed by atoms with E-state index in [1.807, 2.05) is 19.9 Å². The lowest BCUT2D eigenvalue weighted by Gasteiger charge is -2.18. The van der Waals surface area contributed by atoms with Gasteiger partial charge >= 0.3 is 0 Å². The van der Waals surface area contributed by atoms with E-state index in [1.165, 1.54) is 4.31 Å². The van der Waals surface area contributed by atoms with Crippen LogP contribution in [-0.2, 0) is 32.5 Å². The average Bonchev–Trinajstić information content (AvgIpc) is 3.39. The second kappa shape index (κ2) is 10.6. The van der Waals surface area contributed by atoms with Crippen LogP contribution in [-0.4, -0.2) is 60.5 Å². The number of nitrogens with zero attached hydrogens (tertiary/aromatic N) is 3. The summed E-state index contributed by atoms with van der Waals surface area (Å²) in [7, 11) is -3.54. The Balaban J connectivity index is 1.77. The van der Waals surface area contributed by atoms with E-state index in [1.54, 1.807) is 12.1 Å². The van der Waals surface area contributed by atoms with Gasteiger partial charge in [0.15, 0.2) is 0 Å². The molecule has 1 saturated heterocycles. The van der Waals surface area contributed by atoms with E-state index in [0.29, 0.717) is 38.0 Å². The highest BCUT2D eigenvalue weighted by Crippen LogP contribution is 2.24. The van der Waals surface area contributed by atoms with E-state index >= 15 is 0 Å². The molecule has 0 spiro atoms. The third kappa shape index (κ3) is 5.45. The number of amides is 1. The Morgan fingerprint density at radius 1 is 1.29 bits per heavy atom. The zero-order valence-corrected chi connectivity index (χ0v) is 19.6. The SMILES string of the molecule is CCCn1c(CCC(=O)NCC2CCCO2)nc2cc(S(=O)(=O)N(CC)CC)ccc21. The molecule has 1 atom stereocenters. The van der Waals surface area contributed by atoms with Gasteiger partial charge in [-0.2, -0.15) is 4.31 Å². The van der Waals surface area contributed by atoms with Crippen LogP contribution < -0.4 is 5.32 Å². The third-order valence-corrected chi connectivity index (χ3v) is 7.76. The molecular formula is C22H34N4O4S. The highest BCUT2D eigenvalue weighted by atomic mass is 32.2. The second-order valence-corrected chi connectivity index (χ2v) is 9.80. The van der Waals surface area contributed by atoms with Gasteiger partial charge in [0, 0.05) is 45.6 Å². The predicted octanol–water partition coefficient (Wildman–Crippen LogP) is 2.70. The van der Waals surface area contributed by atoms with Gasteiger partial charge in [-0.05, 0) is 37.5 Å². The molecule has 2 aromatic rings. The Morgan fingerprint density at radius 3 is 2.71 bits per heavy atom. The highest BCUT2D eigenvalue weighted by Gasteiger charge is 2.23. The molecule has 1 unspecified atom stereocenters. The lowest BCUT2D eigenvalue weighted by molar-refractivity contribution is -0.121. The van der Waals surface area contributed by atoms with Crippen molar-refractivity contribution >= 4 is 27.0 Å². The minimum Gasteiger partial charge on any atom is -0.376 e. The number of sulfonamides is 1. The van der Waals surface area contributed by atoms with Crippen LogP contribution in [0.5, 0.6) is 0 Å². The van der Waals surface area contributed by atoms with Gasteiger partial charge in [0.05, 0.1) is 22.0 Å². The fourth-order valence-corrected chi connectivity index (χ4v) is 5.52. The summed E-state index contributed by atoms with van der Waals surface area (Å²) < 4.78 is 34.8. The maximum atomic E-state index is 12.9. The molecule has 1 aliphatic rings. The molecule has 1 aromatic carbocycles. The predicted molar refractivity (Wildman–Crippen MR) is 120 cm³/mol. The third-order valence-electron chi connectivity index (χ3n) is 5.72. The molecule has 1 N–H and O–H groups in total. The molecule has 1 amide bonds. The number of ether oxygens (including phenoxy) is 1. The molecule has 2 heterocycles. The van der Waals surface area contributed by atoms with E-state index < -0.39 is 10.0 Å². The molecule has 0 radical (unpaired) electrons. The van der Waals surface area contributed by atoms with E-state index in [9.17, 15) is 13.2 Å². The largest absolute Gasteiger partial charge is 0.376 e. The first-order chi connectivity index (χ1) is 14.9. The molecule has 1 fully saturated rings. The Kier molecular flexibility index (Phi) is 8.07. The Hall–Kier alpha value is -1.97. The highest BCUT2D eigenvalue weighted by molar-refractivity contribution is 7.89. The molecule has 3 rings (SSSR count). The summed E-state index contributed by atoms with van der Waals surface area (Å²) in [5.74, 6) is 0.789. The van der Waals surface area contributed by atoms with Gasteiger partial charge in [-0.1, -0.05) is 20.8 Å². The van der Waals surface area contributed by atoms with Crippen molar-refractivity contribution in [3.05, 3.63) is 24.0 Å². The van der Waals surface area contributed by atoms with Crippen molar-refractivity contribution in [1.82, 2.24) is 19.2 Å². The quantitative estimate of drug-likeness (QED) is 0.568. The van der Waals surface area contributed by atoms with Crippen molar-refractivity contribution in [2.45, 2.75) is 70.4 Å². The van der Waals surface area contributed by atoms with Crippen LogP contribution in [0.2, 0.25) is 0 Å². The summed E-state index contributed by atoms with van der Waals surface area (Å²) in [5.41, 5.74) is 1.55. The van der Waals surface area contributed by atoms with Crippen LogP contribution in [0, 0.1) is 0 Å². The van der Waals surface area contributed by atoms with Crippen molar-refractivity contribution in [2.24, 2.45) is 0 Å². The Labute approximate surface area is 185 Å². The topological polar surface area (TPSA) is 93.5 Å². The summed E-state index contributed by atoms with van der Waals surface area (Å²) in [6, 6.07) is 5.13. The first-order valence-corrected chi connectivity index (χ1v) is 12.7. The molecule has 0 bridgehead atoms. The van der Waals surface area contributed by atoms with E-state index in [0.717, 1.165) is 43.8 Å². The number of imidazole rings is 1. The van der Waals surface area contributed by atoms with Crippen LogP contribution in [0.3, 0.4) is 0 Å². The number of carbonyl (C=O) groups excluding carboxylic acids is 1. The lowest BCUT2D eigenvalue weighted by Crippen LogP contribution is -2.32. The zero-order valence-electron chi connectivity index (χ0n) is 18.8. The maximum Gasteiger partial charge on any atom is 0.243 e. The average molecular weight is 451 g/mol. The lowest BCUT2D eigenvalue weighted by atomic mass is 10.2. The standard InChI is InChI=1S/C22H34N4O4S/c1-4-13-26-20-10-9-18(31(28,29)25(5-2)6-3)15-19(20)24-21(26)11-12-22(27)23-16-17-8-7-14-30-17/h9-10,15,17H,4-8,11-14,16H2,1-3H3,(H,23,27). The molecule has 8 nitrogen and oxygen atoms in total. The fraction of sp³-hybridized carbons (Fsp3) is 0.636. The van der Waals surface area contributed by atoms with Gasteiger partial charge in [0.1, 0.15) is 5.82 Å². The first-order valence-electron chi connectivity index (χ1n) is 11.3. The zero-order chi connectivity index (χ0) is 22.4. The Bertz CT molecular complexity index is 992. The van der Waals surface area contributed by atoms with Crippen molar-refractivity contribution in [1.29, 1.82) is 0 Å². The van der Waals surface area contributed by atoms with E-state index in [4.69, 9.17) is 9.72 Å². The number of aromatic nitrogens is 2. The molecule has 1 aliphatic heterocycles. The summed E-state index contributed by atoms with van der Waals surface area (Å²) in [5, 5.41) is 2.95. The van der Waals surface area contributed by atoms with E-state index in [-0.39, 0.29) is 16.9 Å². The molecule has 172 valence electrons. The Morgan fingerprint density at radius 2 is 2.06 bits per heavy atom. The summed E-state index contributed by atoms with van der Waals surface area (Å²) in [6.45, 7) is 8.69. The van der Waals surface area contributed by atoms with Gasteiger partial charge in [-0.15, -0.1) is 0 Å². The minimum absolute atomic E-state index is 0.0181. The fourth-order valence-electron chi connectivity index (χ4n) is 4.04. The van der Waals surface area contributed by atoms with Gasteiger partial charge in [0.2, 0.25) is 15.9 Å². The van der Waals surface area contributed by atoms with Gasteiger partial charge in [0.25, 0.3) is 0 Å². The van der Waals surface area contributed by atoms with Crippen LogP contribution in [0.25, 0.3) is 11.0 Å². The van der Waals surface area contributed by atoms with Crippen LogP contribution in [0.4, 0.5) is 0 Å². The summed E-state index contributed by atoms with van der Waals surface area (Å²) in [4.78, 5) is 17.3. The summed E-state index contributed by atoms with van der Waals surface area (Å²) >= 11 is 0. The van der Waals surface area contributed by atoms with Crippen LogP contribution in [0.15, 0.2) is 23.1 Å². The van der Waals surface area contributed by atoms with Crippen molar-refractivity contribution in [2.75, 3.05) is 26.2 Å². The molecule has 31 heavy (non-hydrogen) atoms. The number of carbonyl (C=O) groups is 1. The number of hydrogen-bond donors (Lipinski definition) is 1. The molecular weight excluding hydrogens is 416 g/mol. The normalized spacial score (nSPS) is 17.0. The van der Waals surface area contributed by atoms with Crippen LogP contribution >= 0.6 is 0 Å². The van der Waals surface area contributed by atoms with Gasteiger partial charge in [-0.3, -0.25) is 4.79 Å². The molecule has 0 aliphatic carbocycles. The number of rotatable bonds is 11. The smallest absolute Gasteiger partial charge is 0.243 e. The van der Waals surface area contributed by atoms with Crippen molar-refractivity contribution in [3.8, 4) is 0 Å². The van der Waals surface area contributed by atoms with Crippen LogP contribution in [0.1, 0.15) is 52.3 Å². The monoisotopic (exact) mass is 450 g/mol. The van der Waals surface area contributed by atoms with Gasteiger partial charge in [-0.25, -0.2) is 13.4 Å². The maximum absolute atomic E-state index is 12.9. The van der Waals surface area contributed by atoms with Gasteiger partial charge < -0.3 is 14.6 Å².